The number of carbonyl (C=O) groups excluding carboxylic acids is 4. The third-order valence-corrected chi connectivity index (χ3v) is 18.2. The van der Waals surface area contributed by atoms with Gasteiger partial charge in [0.2, 0.25) is 17.4 Å². The number of hydrogen-bond acceptors (Lipinski definition) is 21. The Morgan fingerprint density at radius 1 is 0.487 bits per heavy atom. The van der Waals surface area contributed by atoms with Crippen LogP contribution in [0.3, 0.4) is 0 Å². The van der Waals surface area contributed by atoms with Crippen molar-refractivity contribution >= 4 is 45.6 Å². The van der Waals surface area contributed by atoms with Gasteiger partial charge in [-0.1, -0.05) is 38.5 Å². The zero-order valence-electron chi connectivity index (χ0n) is 44.9. The Labute approximate surface area is 463 Å². The normalized spacial score (nSPS) is 39.2. The second-order valence-corrected chi connectivity index (χ2v) is 23.0. The maximum atomic E-state index is 12.8. The first kappa shape index (κ1) is 59.3. The Morgan fingerprint density at radius 2 is 0.795 bits per heavy atom. The minimum atomic E-state index is -1.13. The van der Waals surface area contributed by atoms with E-state index in [0.29, 0.717) is 29.9 Å². The van der Waals surface area contributed by atoms with Crippen molar-refractivity contribution in [1.82, 2.24) is 0 Å². The van der Waals surface area contributed by atoms with Gasteiger partial charge in [-0.3, -0.25) is 19.4 Å². The highest BCUT2D eigenvalue weighted by molar-refractivity contribution is 6.68. The number of halogens is 2. The Bertz CT molecular complexity index is 2290. The number of ether oxygens (including phenoxy) is 6. The molecule has 432 valence electrons. The molecule has 21 nitrogen and oxygen atoms in total. The molecular weight excluding hydrogens is 1070 g/mol. The average molecular weight is 1140 g/mol. The Hall–Kier alpha value is -3.30. The molecule has 12 fully saturated rings. The lowest BCUT2D eigenvalue weighted by molar-refractivity contribution is -0.555. The van der Waals surface area contributed by atoms with Gasteiger partial charge in [0.05, 0.1) is 17.7 Å². The predicted molar refractivity (Wildman–Crippen MR) is 269 cm³/mol. The van der Waals surface area contributed by atoms with Crippen LogP contribution in [-0.2, 0) is 77.3 Å². The van der Waals surface area contributed by atoms with Crippen LogP contribution in [0.2, 0.25) is 0 Å². The topological polar surface area (TPSA) is 236 Å². The van der Waals surface area contributed by atoms with Crippen molar-refractivity contribution in [3.05, 3.63) is 70.8 Å². The number of benzene rings is 2. The van der Waals surface area contributed by atoms with E-state index in [1.807, 2.05) is 6.92 Å². The summed E-state index contributed by atoms with van der Waals surface area (Å²) in [5.74, 6) is -4.61. The first-order valence-electron chi connectivity index (χ1n) is 27.0. The molecule has 3 spiro atoms. The highest BCUT2D eigenvalue weighted by Gasteiger charge is 2.66. The molecule has 1 N–H and O–H groups in total. The SMILES string of the molecule is CO[C@H]1O[C@@]2(C)OO[C@]13CCCC[C@@H]3C[C@@H]2CO.CO[C@H]1O[C@@]2(C)OO[C@]13CCCC[C@@H]3C[C@@H]2COOC(=O)c1ccc(C(=O)OOC[C@H]2C[C@H]3CCCC[C@]34OO[C@]2(C)O[C@@H]4OC)cc1.O=C(Cl)c1ccc(C(=O)Cl)cc1. The van der Waals surface area contributed by atoms with Crippen LogP contribution >= 0.6 is 23.2 Å². The fourth-order valence-electron chi connectivity index (χ4n) is 13.0. The van der Waals surface area contributed by atoms with Crippen LogP contribution in [0.25, 0.3) is 0 Å². The number of fused-ring (bicyclic) bond motifs is 9. The minimum Gasteiger partial charge on any atom is -0.396 e. The second kappa shape index (κ2) is 24.7. The number of carbonyl (C=O) groups is 4. The minimum absolute atomic E-state index is 0.0342. The molecule has 0 radical (unpaired) electrons. The second-order valence-electron chi connectivity index (χ2n) is 22.3. The summed E-state index contributed by atoms with van der Waals surface area (Å²) in [5.41, 5.74) is -0.751. The molecule has 9 aliphatic heterocycles. The van der Waals surface area contributed by atoms with Crippen LogP contribution in [0, 0.1) is 35.5 Å². The summed E-state index contributed by atoms with van der Waals surface area (Å²) in [6, 6.07) is 11.6. The van der Waals surface area contributed by atoms with E-state index < -0.39 is 75.5 Å². The first-order chi connectivity index (χ1) is 37.4. The summed E-state index contributed by atoms with van der Waals surface area (Å²) in [5, 5.41) is 8.49. The predicted octanol–water partition coefficient (Wildman–Crippen LogP) is 9.13. The fourth-order valence-corrected chi connectivity index (χ4v) is 13.3. The van der Waals surface area contributed by atoms with Gasteiger partial charge in [-0.2, -0.15) is 9.78 Å². The molecule has 14 rings (SSSR count). The zero-order valence-corrected chi connectivity index (χ0v) is 46.4. The zero-order chi connectivity index (χ0) is 55.5. The van der Waals surface area contributed by atoms with Crippen LogP contribution in [0.1, 0.15) is 159 Å². The summed E-state index contributed by atoms with van der Waals surface area (Å²) in [4.78, 5) is 103. The van der Waals surface area contributed by atoms with Crippen molar-refractivity contribution in [2.75, 3.05) is 41.2 Å². The van der Waals surface area contributed by atoms with Crippen molar-refractivity contribution in [3.8, 4) is 0 Å². The van der Waals surface area contributed by atoms with Crippen LogP contribution in [-0.4, -0.2) is 122 Å². The maximum absolute atomic E-state index is 12.8. The molecular formula is C55H72Cl2O21. The molecule has 0 amide bonds. The quantitative estimate of drug-likeness (QED) is 0.105. The summed E-state index contributed by atoms with van der Waals surface area (Å²) < 4.78 is 35.4. The summed E-state index contributed by atoms with van der Waals surface area (Å²) in [7, 11) is 4.86. The van der Waals surface area contributed by atoms with Crippen LogP contribution in [0.5, 0.6) is 0 Å². The maximum Gasteiger partial charge on any atom is 0.373 e. The van der Waals surface area contributed by atoms with Crippen molar-refractivity contribution < 1.29 is 102 Å². The summed E-state index contributed by atoms with van der Waals surface area (Å²) >= 11 is 10.4. The molecule has 0 aromatic heterocycles. The lowest BCUT2D eigenvalue weighted by Crippen LogP contribution is -2.60. The van der Waals surface area contributed by atoms with E-state index in [1.165, 1.54) is 55.0 Å². The Morgan fingerprint density at radius 3 is 1.10 bits per heavy atom. The highest BCUT2D eigenvalue weighted by atomic mass is 35.5. The summed E-state index contributed by atoms with van der Waals surface area (Å²) in [6.07, 6.45) is 12.6. The first-order valence-corrected chi connectivity index (χ1v) is 27.8. The van der Waals surface area contributed by atoms with E-state index in [0.717, 1.165) is 77.0 Å². The fraction of sp³-hybridized carbons (Fsp3) is 0.709. The van der Waals surface area contributed by atoms with Crippen LogP contribution in [0.4, 0.5) is 0 Å². The molecule has 0 unspecified atom stereocenters. The van der Waals surface area contributed by atoms with Gasteiger partial charge in [-0.15, -0.1) is 0 Å². The van der Waals surface area contributed by atoms with Crippen molar-refractivity contribution in [1.29, 1.82) is 0 Å². The van der Waals surface area contributed by atoms with E-state index in [2.05, 4.69) is 0 Å². The van der Waals surface area contributed by atoms with E-state index in [-0.39, 0.29) is 60.5 Å². The van der Waals surface area contributed by atoms with E-state index in [1.54, 1.807) is 35.2 Å². The van der Waals surface area contributed by atoms with Gasteiger partial charge >= 0.3 is 11.9 Å². The molecule has 9 saturated heterocycles. The summed E-state index contributed by atoms with van der Waals surface area (Å²) in [6.45, 7) is 5.49. The van der Waals surface area contributed by atoms with Gasteiger partial charge in [0.1, 0.15) is 13.2 Å². The molecule has 9 heterocycles. The number of hydrogen-bond donors (Lipinski definition) is 1. The Kier molecular flexibility index (Phi) is 18.8. The van der Waals surface area contributed by atoms with Crippen molar-refractivity contribution in [2.45, 2.75) is 170 Å². The standard InChI is InChI=1S/C34H46O14.C13H22O5.C8H4Cl2O2/c1-31-25(17-23-9-5-7-15-33(23,47-45-31)29(37-3)41-31)19-39-43-27(35)21-11-13-22(14-12-21)28(36)44-40-20-26-18-24-10-6-8-16-34(24)30(38-4)42-32(26,2)46-48-34;1-12-10(8-14)7-9-5-3-4-6-13(9,18-17-12)11(15-2)16-12;9-7(11)5-1-2-6(4-3-5)8(10)12/h11-14,23-26,29-30H,5-10,15-20H2,1-4H3;9-11,14H,3-8H2,1-2H3;1-4H/t23-,24-,25-,26-,29+,30+,31+,32+,33+,34+;9-,10-,11+,12+,13+;/m11./s1. The third kappa shape index (κ3) is 11.7. The highest BCUT2D eigenvalue weighted by Crippen LogP contribution is 2.57. The molecule has 2 aromatic rings. The lowest BCUT2D eigenvalue weighted by atomic mass is 9.71. The average Bonchev–Trinajstić information content (AvgIpc) is 3.97. The van der Waals surface area contributed by atoms with E-state index >= 15 is 0 Å². The third-order valence-electron chi connectivity index (χ3n) is 17.8. The molecule has 78 heavy (non-hydrogen) atoms. The van der Waals surface area contributed by atoms with Gasteiger partial charge in [0.25, 0.3) is 10.5 Å². The molecule has 3 aliphatic carbocycles. The molecule has 15 atom stereocenters. The number of methoxy groups -OCH3 is 3. The van der Waals surface area contributed by atoms with Gasteiger partial charge in [-0.25, -0.2) is 38.9 Å². The molecule has 3 saturated carbocycles. The Balaban J connectivity index is 0.000000199. The van der Waals surface area contributed by atoms with Crippen molar-refractivity contribution in [2.24, 2.45) is 35.5 Å². The number of aliphatic hydroxyl groups is 1. The van der Waals surface area contributed by atoms with Gasteiger partial charge in [0, 0.05) is 50.2 Å². The number of aliphatic hydroxyl groups excluding tert-OH is 1. The lowest BCUT2D eigenvalue weighted by Gasteiger charge is -2.49. The van der Waals surface area contributed by atoms with Crippen LogP contribution in [0.15, 0.2) is 48.5 Å². The van der Waals surface area contributed by atoms with E-state index in [9.17, 15) is 24.3 Å². The molecule has 2 aromatic carbocycles. The largest absolute Gasteiger partial charge is 0.396 e. The molecule has 6 bridgehead atoms. The monoisotopic (exact) mass is 1140 g/mol. The number of rotatable bonds is 14. The smallest absolute Gasteiger partial charge is 0.373 e. The van der Waals surface area contributed by atoms with Gasteiger partial charge in [-0.05, 0) is 168 Å². The van der Waals surface area contributed by atoms with Gasteiger partial charge in [0.15, 0.2) is 35.7 Å². The van der Waals surface area contributed by atoms with Crippen LogP contribution < -0.4 is 0 Å². The van der Waals surface area contributed by atoms with E-state index in [4.69, 9.17) is 100 Å². The molecule has 12 aliphatic rings. The van der Waals surface area contributed by atoms with Crippen molar-refractivity contribution in [3.63, 3.8) is 0 Å². The van der Waals surface area contributed by atoms with Gasteiger partial charge < -0.3 is 33.5 Å². The molecule has 23 heteroatoms.